The van der Waals surface area contributed by atoms with E-state index in [1.807, 2.05) is 78.9 Å². The van der Waals surface area contributed by atoms with Crippen LogP contribution in [0.25, 0.3) is 27.6 Å². The van der Waals surface area contributed by atoms with Crippen molar-refractivity contribution in [2.45, 2.75) is 26.5 Å². The predicted octanol–water partition coefficient (Wildman–Crippen LogP) is 7.45. The van der Waals surface area contributed by atoms with Crippen LogP contribution in [-0.2, 0) is 16.1 Å². The molecule has 0 saturated heterocycles. The highest BCUT2D eigenvalue weighted by atomic mass is 79.9. The van der Waals surface area contributed by atoms with Gasteiger partial charge in [0, 0.05) is 0 Å². The fraction of sp³-hybridized carbons (Fsp3) is 0.154. The highest BCUT2D eigenvalue weighted by Crippen LogP contribution is 2.38. The summed E-state index contributed by atoms with van der Waals surface area (Å²) < 4.78 is 20.3. The van der Waals surface area contributed by atoms with E-state index in [0.29, 0.717) is 43.2 Å². The minimum absolute atomic E-state index is 0.209. The molecule has 1 atom stereocenters. The first kappa shape index (κ1) is 31.6. The standard InChI is InChI=1S/C39H31BrN2O5S/c1-4-46-38(44)34-23(2)41-39-42(35(34)30-18-10-14-26-12-6-8-17-29(26)30)37(43)33(48-39)21-24-19-31(40)36(32(20-24)45-3)47-22-27-15-9-13-25-11-5-7-16-28(25)27/h5-21,35H,4,22H2,1-3H3/b33-21-/t35-/m1/s1. The molecule has 5 aromatic carbocycles. The van der Waals surface area contributed by atoms with Gasteiger partial charge in [-0.15, -0.1) is 0 Å². The molecule has 0 N–H and O–H groups in total. The van der Waals surface area contributed by atoms with Crippen LogP contribution in [-0.4, -0.2) is 24.3 Å². The van der Waals surface area contributed by atoms with Crippen molar-refractivity contribution in [3.63, 3.8) is 0 Å². The van der Waals surface area contributed by atoms with E-state index in [4.69, 9.17) is 19.2 Å². The second-order valence-electron chi connectivity index (χ2n) is 11.3. The molecule has 0 aliphatic carbocycles. The van der Waals surface area contributed by atoms with Gasteiger partial charge in [-0.25, -0.2) is 9.79 Å². The maximum Gasteiger partial charge on any atom is 0.338 e. The topological polar surface area (TPSA) is 79.1 Å². The van der Waals surface area contributed by atoms with Gasteiger partial charge in [-0.05, 0) is 86.2 Å². The van der Waals surface area contributed by atoms with Crippen LogP contribution in [0.3, 0.4) is 0 Å². The molecular weight excluding hydrogens is 688 g/mol. The lowest BCUT2D eigenvalue weighted by Crippen LogP contribution is -2.40. The lowest BCUT2D eigenvalue weighted by Gasteiger charge is -2.25. The number of nitrogens with zero attached hydrogens (tertiary/aromatic N) is 2. The first-order valence-electron chi connectivity index (χ1n) is 15.5. The van der Waals surface area contributed by atoms with Gasteiger partial charge in [-0.3, -0.25) is 9.36 Å². The van der Waals surface area contributed by atoms with Gasteiger partial charge in [-0.1, -0.05) is 96.3 Å². The normalized spacial score (nSPS) is 14.6. The third-order valence-electron chi connectivity index (χ3n) is 8.44. The summed E-state index contributed by atoms with van der Waals surface area (Å²) in [5.74, 6) is 0.603. The number of halogens is 1. The average molecular weight is 720 g/mol. The van der Waals surface area contributed by atoms with E-state index < -0.39 is 12.0 Å². The second-order valence-corrected chi connectivity index (χ2v) is 13.2. The Hall–Kier alpha value is -4.99. The summed E-state index contributed by atoms with van der Waals surface area (Å²) >= 11 is 4.96. The number of esters is 1. The lowest BCUT2D eigenvalue weighted by molar-refractivity contribution is -0.139. The van der Waals surface area contributed by atoms with Crippen molar-refractivity contribution in [1.29, 1.82) is 0 Å². The Morgan fingerprint density at radius 2 is 1.65 bits per heavy atom. The largest absolute Gasteiger partial charge is 0.493 e. The van der Waals surface area contributed by atoms with E-state index in [2.05, 4.69) is 40.2 Å². The van der Waals surface area contributed by atoms with Crippen molar-refractivity contribution in [3.8, 4) is 11.5 Å². The molecule has 0 bridgehead atoms. The van der Waals surface area contributed by atoms with Gasteiger partial charge < -0.3 is 14.2 Å². The van der Waals surface area contributed by atoms with Crippen LogP contribution in [0.1, 0.15) is 36.6 Å². The van der Waals surface area contributed by atoms with Crippen LogP contribution in [0.15, 0.2) is 123 Å². The molecule has 0 saturated carbocycles. The summed E-state index contributed by atoms with van der Waals surface area (Å²) in [6.45, 7) is 4.12. The number of thiazole rings is 1. The third-order valence-corrected chi connectivity index (χ3v) is 10.0. The number of aromatic nitrogens is 1. The smallest absolute Gasteiger partial charge is 0.338 e. The van der Waals surface area contributed by atoms with Crippen molar-refractivity contribution in [2.24, 2.45) is 4.99 Å². The second kappa shape index (κ2) is 13.3. The molecule has 0 fully saturated rings. The van der Waals surface area contributed by atoms with Gasteiger partial charge in [0.2, 0.25) is 0 Å². The molecule has 9 heteroatoms. The number of carbonyl (C=O) groups is 1. The van der Waals surface area contributed by atoms with Gasteiger partial charge in [-0.2, -0.15) is 0 Å². The van der Waals surface area contributed by atoms with Gasteiger partial charge in [0.25, 0.3) is 5.56 Å². The van der Waals surface area contributed by atoms with Crippen LogP contribution < -0.4 is 24.4 Å². The number of allylic oxidation sites excluding steroid dienone is 1. The molecule has 1 aliphatic heterocycles. The predicted molar refractivity (Wildman–Crippen MR) is 193 cm³/mol. The van der Waals surface area contributed by atoms with Crippen molar-refractivity contribution in [3.05, 3.63) is 149 Å². The van der Waals surface area contributed by atoms with Gasteiger partial charge >= 0.3 is 5.97 Å². The van der Waals surface area contributed by atoms with E-state index in [0.717, 1.165) is 38.2 Å². The SMILES string of the molecule is CCOC(=O)C1=C(C)N=c2s/c(=C\c3cc(Br)c(OCc4cccc5ccccc45)c(OC)c3)c(=O)n2[C@@H]1c1cccc2ccccc12. The number of benzene rings is 5. The average Bonchev–Trinajstić information content (AvgIpc) is 3.40. The van der Waals surface area contributed by atoms with Crippen LogP contribution in [0.4, 0.5) is 0 Å². The Labute approximate surface area is 289 Å². The molecule has 0 spiro atoms. The van der Waals surface area contributed by atoms with E-state index >= 15 is 0 Å². The minimum atomic E-state index is -0.709. The van der Waals surface area contributed by atoms with E-state index in [-0.39, 0.29) is 12.2 Å². The van der Waals surface area contributed by atoms with Gasteiger partial charge in [0.05, 0.1) is 40.0 Å². The Morgan fingerprint density at radius 1 is 0.958 bits per heavy atom. The van der Waals surface area contributed by atoms with E-state index in [1.165, 1.54) is 11.3 Å². The van der Waals surface area contributed by atoms with Crippen molar-refractivity contribution >= 4 is 60.9 Å². The monoisotopic (exact) mass is 718 g/mol. The summed E-state index contributed by atoms with van der Waals surface area (Å²) in [7, 11) is 1.59. The quantitative estimate of drug-likeness (QED) is 0.153. The molecule has 1 aliphatic rings. The zero-order valence-electron chi connectivity index (χ0n) is 26.5. The maximum atomic E-state index is 14.3. The number of fused-ring (bicyclic) bond motifs is 3. The molecule has 7 rings (SSSR count). The number of rotatable bonds is 8. The van der Waals surface area contributed by atoms with Crippen LogP contribution >= 0.6 is 27.3 Å². The highest BCUT2D eigenvalue weighted by Gasteiger charge is 2.34. The summed E-state index contributed by atoms with van der Waals surface area (Å²) in [6.07, 6.45) is 1.81. The fourth-order valence-electron chi connectivity index (χ4n) is 6.26. The Balaban J connectivity index is 1.31. The Morgan fingerprint density at radius 3 is 2.40 bits per heavy atom. The zero-order valence-corrected chi connectivity index (χ0v) is 28.9. The van der Waals surface area contributed by atoms with Crippen molar-refractivity contribution in [2.75, 3.05) is 13.7 Å². The zero-order chi connectivity index (χ0) is 33.4. The molecule has 0 radical (unpaired) electrons. The highest BCUT2D eigenvalue weighted by molar-refractivity contribution is 9.10. The molecule has 0 unspecified atom stereocenters. The molecule has 7 nitrogen and oxygen atoms in total. The summed E-state index contributed by atoms with van der Waals surface area (Å²) in [4.78, 5) is 32.9. The molecule has 6 aromatic rings. The first-order valence-corrected chi connectivity index (χ1v) is 17.1. The van der Waals surface area contributed by atoms with Crippen molar-refractivity contribution < 1.29 is 19.0 Å². The van der Waals surface area contributed by atoms with Gasteiger partial charge in [0.15, 0.2) is 16.3 Å². The number of carbonyl (C=O) groups excluding carboxylic acids is 1. The number of methoxy groups -OCH3 is 1. The van der Waals surface area contributed by atoms with Crippen LogP contribution in [0, 0.1) is 0 Å². The van der Waals surface area contributed by atoms with Crippen LogP contribution in [0.2, 0.25) is 0 Å². The molecule has 1 aromatic heterocycles. The number of ether oxygens (including phenoxy) is 3. The molecule has 48 heavy (non-hydrogen) atoms. The van der Waals surface area contributed by atoms with Gasteiger partial charge in [0.1, 0.15) is 6.61 Å². The molecule has 0 amide bonds. The summed E-state index contributed by atoms with van der Waals surface area (Å²) in [5.41, 5.74) is 3.25. The Bertz CT molecular complexity index is 2430. The number of hydrogen-bond donors (Lipinski definition) is 0. The Kier molecular flexibility index (Phi) is 8.73. The molecular formula is C39H31BrN2O5S. The third kappa shape index (κ3) is 5.73. The fourth-order valence-corrected chi connectivity index (χ4v) is 7.88. The number of hydrogen-bond acceptors (Lipinski definition) is 7. The van der Waals surface area contributed by atoms with Crippen LogP contribution in [0.5, 0.6) is 11.5 Å². The first-order chi connectivity index (χ1) is 23.4. The summed E-state index contributed by atoms with van der Waals surface area (Å²) in [6, 6.07) is 31.3. The summed E-state index contributed by atoms with van der Waals surface area (Å²) in [5, 5.41) is 4.23. The maximum absolute atomic E-state index is 14.3. The molecule has 240 valence electrons. The van der Waals surface area contributed by atoms with E-state index in [1.54, 1.807) is 25.5 Å². The van der Waals surface area contributed by atoms with Crippen molar-refractivity contribution in [1.82, 2.24) is 4.57 Å². The molecule has 2 heterocycles. The lowest BCUT2D eigenvalue weighted by atomic mass is 9.91. The minimum Gasteiger partial charge on any atom is -0.493 e. The van der Waals surface area contributed by atoms with E-state index in [9.17, 15) is 9.59 Å².